The van der Waals surface area contributed by atoms with Gasteiger partial charge in [-0.05, 0) is 49.1 Å². The largest absolute Gasteiger partial charge is 0.356 e. The number of amides is 2. The van der Waals surface area contributed by atoms with Crippen LogP contribution < -0.4 is 5.32 Å². The average Bonchev–Trinajstić information content (AvgIpc) is 2.69. The molecule has 1 aliphatic rings. The third kappa shape index (κ3) is 4.85. The molecule has 26 heavy (non-hydrogen) atoms. The van der Waals surface area contributed by atoms with E-state index in [0.29, 0.717) is 38.0 Å². The molecule has 0 bridgehead atoms. The molecule has 2 aromatic carbocycles. The van der Waals surface area contributed by atoms with Crippen molar-refractivity contribution in [1.29, 1.82) is 0 Å². The van der Waals surface area contributed by atoms with E-state index in [2.05, 4.69) is 5.32 Å². The zero-order chi connectivity index (χ0) is 18.4. The number of likely N-dealkylation sites (tertiary alicyclic amines) is 1. The van der Waals surface area contributed by atoms with Gasteiger partial charge in [0, 0.05) is 36.1 Å². The molecule has 0 saturated carbocycles. The normalized spacial score (nSPS) is 14.9. The summed E-state index contributed by atoms with van der Waals surface area (Å²) < 4.78 is 0. The third-order valence-electron chi connectivity index (χ3n) is 4.80. The van der Waals surface area contributed by atoms with E-state index in [1.54, 1.807) is 0 Å². The number of hydrogen-bond acceptors (Lipinski definition) is 2. The highest BCUT2D eigenvalue weighted by Gasteiger charge is 2.27. The van der Waals surface area contributed by atoms with Crippen molar-refractivity contribution in [3.63, 3.8) is 0 Å². The van der Waals surface area contributed by atoms with Crippen LogP contribution in [-0.2, 0) is 11.2 Å². The zero-order valence-corrected chi connectivity index (χ0v) is 15.4. The Morgan fingerprint density at radius 1 is 1.00 bits per heavy atom. The van der Waals surface area contributed by atoms with Crippen LogP contribution in [0, 0.1) is 5.92 Å². The number of piperidine rings is 1. The lowest BCUT2D eigenvalue weighted by molar-refractivity contribution is -0.126. The Morgan fingerprint density at radius 3 is 2.31 bits per heavy atom. The molecule has 1 saturated heterocycles. The number of benzene rings is 2. The van der Waals surface area contributed by atoms with E-state index in [1.165, 1.54) is 0 Å². The predicted molar refractivity (Wildman–Crippen MR) is 103 cm³/mol. The van der Waals surface area contributed by atoms with Crippen LogP contribution in [0.4, 0.5) is 0 Å². The summed E-state index contributed by atoms with van der Waals surface area (Å²) >= 11 is 5.87. The van der Waals surface area contributed by atoms with E-state index in [0.717, 1.165) is 17.0 Å². The third-order valence-corrected chi connectivity index (χ3v) is 5.05. The maximum absolute atomic E-state index is 12.4. The van der Waals surface area contributed by atoms with E-state index in [4.69, 9.17) is 11.6 Å². The Hall–Kier alpha value is -2.33. The number of rotatable bonds is 5. The quantitative estimate of drug-likeness (QED) is 0.875. The Balaban J connectivity index is 1.42. The van der Waals surface area contributed by atoms with Crippen LogP contribution in [0.1, 0.15) is 28.8 Å². The summed E-state index contributed by atoms with van der Waals surface area (Å²) in [7, 11) is 0. The van der Waals surface area contributed by atoms with E-state index in [-0.39, 0.29) is 17.7 Å². The molecule has 1 aliphatic heterocycles. The Bertz CT molecular complexity index is 738. The smallest absolute Gasteiger partial charge is 0.253 e. The fourth-order valence-electron chi connectivity index (χ4n) is 3.23. The molecule has 0 unspecified atom stereocenters. The minimum atomic E-state index is -0.0139. The number of hydrogen-bond donors (Lipinski definition) is 1. The molecule has 136 valence electrons. The minimum absolute atomic E-state index is 0.0139. The molecule has 4 nitrogen and oxygen atoms in total. The molecule has 5 heteroatoms. The highest BCUT2D eigenvalue weighted by atomic mass is 35.5. The summed E-state index contributed by atoms with van der Waals surface area (Å²) in [5, 5.41) is 3.73. The van der Waals surface area contributed by atoms with Crippen LogP contribution in [0.15, 0.2) is 54.6 Å². The number of nitrogens with one attached hydrogen (secondary N) is 1. The molecule has 0 aromatic heterocycles. The Morgan fingerprint density at radius 2 is 1.65 bits per heavy atom. The topological polar surface area (TPSA) is 49.4 Å². The van der Waals surface area contributed by atoms with Crippen molar-refractivity contribution in [2.24, 2.45) is 5.92 Å². The molecule has 2 amide bonds. The van der Waals surface area contributed by atoms with Crippen molar-refractivity contribution in [2.45, 2.75) is 19.3 Å². The van der Waals surface area contributed by atoms with Crippen molar-refractivity contribution >= 4 is 23.4 Å². The van der Waals surface area contributed by atoms with Gasteiger partial charge in [0.15, 0.2) is 0 Å². The predicted octanol–water partition coefficient (Wildman–Crippen LogP) is 3.55. The zero-order valence-electron chi connectivity index (χ0n) is 14.7. The van der Waals surface area contributed by atoms with Crippen molar-refractivity contribution < 1.29 is 9.59 Å². The Kier molecular flexibility index (Phi) is 6.29. The van der Waals surface area contributed by atoms with Crippen LogP contribution in [0.3, 0.4) is 0 Å². The molecule has 0 radical (unpaired) electrons. The minimum Gasteiger partial charge on any atom is -0.356 e. The first kappa shape index (κ1) is 18.5. The van der Waals surface area contributed by atoms with Gasteiger partial charge in [0.05, 0.1) is 0 Å². The molecule has 2 aromatic rings. The van der Waals surface area contributed by atoms with Gasteiger partial charge in [-0.2, -0.15) is 0 Å². The van der Waals surface area contributed by atoms with Crippen LogP contribution in [0.25, 0.3) is 0 Å². The van der Waals surface area contributed by atoms with E-state index in [1.807, 2.05) is 59.5 Å². The lowest BCUT2D eigenvalue weighted by atomic mass is 9.95. The van der Waals surface area contributed by atoms with Gasteiger partial charge in [-0.1, -0.05) is 41.9 Å². The number of carbonyl (C=O) groups excluding carboxylic acids is 2. The highest BCUT2D eigenvalue weighted by molar-refractivity contribution is 6.30. The number of halogens is 1. The van der Waals surface area contributed by atoms with Crippen LogP contribution >= 0.6 is 11.6 Å². The summed E-state index contributed by atoms with van der Waals surface area (Å²) in [6, 6.07) is 17.0. The van der Waals surface area contributed by atoms with Gasteiger partial charge in [-0.3, -0.25) is 9.59 Å². The number of carbonyl (C=O) groups is 2. The second-order valence-electron chi connectivity index (χ2n) is 6.60. The fourth-order valence-corrected chi connectivity index (χ4v) is 3.36. The second-order valence-corrected chi connectivity index (χ2v) is 7.04. The molecule has 0 spiro atoms. The molecule has 0 aliphatic carbocycles. The van der Waals surface area contributed by atoms with E-state index in [9.17, 15) is 9.59 Å². The van der Waals surface area contributed by atoms with Gasteiger partial charge in [-0.15, -0.1) is 0 Å². The van der Waals surface area contributed by atoms with Gasteiger partial charge in [-0.25, -0.2) is 0 Å². The fraction of sp³-hybridized carbons (Fsp3) is 0.333. The maximum atomic E-state index is 12.4. The molecule has 1 N–H and O–H groups in total. The van der Waals surface area contributed by atoms with Crippen molar-refractivity contribution in [1.82, 2.24) is 10.2 Å². The molecule has 1 fully saturated rings. The van der Waals surface area contributed by atoms with Crippen LogP contribution in [0.2, 0.25) is 5.02 Å². The van der Waals surface area contributed by atoms with Gasteiger partial charge < -0.3 is 10.2 Å². The van der Waals surface area contributed by atoms with Crippen molar-refractivity contribution in [3.8, 4) is 0 Å². The highest BCUT2D eigenvalue weighted by Crippen LogP contribution is 2.19. The summed E-state index contributed by atoms with van der Waals surface area (Å²) in [6.07, 6.45) is 2.21. The van der Waals surface area contributed by atoms with E-state index < -0.39 is 0 Å². The van der Waals surface area contributed by atoms with Gasteiger partial charge in [0.25, 0.3) is 5.91 Å². The lowest BCUT2D eigenvalue weighted by Gasteiger charge is -2.31. The van der Waals surface area contributed by atoms with Crippen molar-refractivity contribution in [2.75, 3.05) is 19.6 Å². The van der Waals surface area contributed by atoms with Gasteiger partial charge in [0.1, 0.15) is 0 Å². The first-order valence-electron chi connectivity index (χ1n) is 9.00. The average molecular weight is 371 g/mol. The van der Waals surface area contributed by atoms with Crippen LogP contribution in [0.5, 0.6) is 0 Å². The van der Waals surface area contributed by atoms with Gasteiger partial charge >= 0.3 is 0 Å². The molecule has 0 atom stereocenters. The molecule has 1 heterocycles. The monoisotopic (exact) mass is 370 g/mol. The summed E-state index contributed by atoms with van der Waals surface area (Å²) in [5.74, 6) is 0.123. The van der Waals surface area contributed by atoms with E-state index >= 15 is 0 Å². The first-order chi connectivity index (χ1) is 12.6. The van der Waals surface area contributed by atoms with Crippen LogP contribution in [-0.4, -0.2) is 36.3 Å². The Labute approximate surface area is 159 Å². The lowest BCUT2D eigenvalue weighted by Crippen LogP contribution is -2.43. The molecule has 3 rings (SSSR count). The van der Waals surface area contributed by atoms with Crippen molar-refractivity contribution in [3.05, 3.63) is 70.7 Å². The standard InChI is InChI=1S/C21H23ClN2O2/c22-19-8-6-16(7-9-19)10-13-23-20(25)17-11-14-24(15-12-17)21(26)18-4-2-1-3-5-18/h1-9,17H,10-15H2,(H,23,25). The molecular formula is C21H23ClN2O2. The summed E-state index contributed by atoms with van der Waals surface area (Å²) in [4.78, 5) is 26.6. The summed E-state index contributed by atoms with van der Waals surface area (Å²) in [5.41, 5.74) is 1.86. The van der Waals surface area contributed by atoms with Gasteiger partial charge in [0.2, 0.25) is 5.91 Å². The SMILES string of the molecule is O=C(NCCc1ccc(Cl)cc1)C1CCN(C(=O)c2ccccc2)CC1. The molecular weight excluding hydrogens is 348 g/mol. The summed E-state index contributed by atoms with van der Waals surface area (Å²) in [6.45, 7) is 1.87. The number of nitrogens with zero attached hydrogens (tertiary/aromatic N) is 1. The first-order valence-corrected chi connectivity index (χ1v) is 9.38. The second kappa shape index (κ2) is 8.86. The maximum Gasteiger partial charge on any atom is 0.253 e.